The van der Waals surface area contributed by atoms with E-state index >= 15 is 0 Å². The van der Waals surface area contributed by atoms with Crippen LogP contribution in [-0.4, -0.2) is 27.1 Å². The molecule has 0 aliphatic heterocycles. The molecule has 5 nitrogen and oxygen atoms in total. The Labute approximate surface area is 87.1 Å². The highest BCUT2D eigenvalue weighted by atomic mass is 32.1. The number of aromatic amines is 1. The van der Waals surface area contributed by atoms with Gasteiger partial charge in [0.25, 0.3) is 5.91 Å². The highest BCUT2D eigenvalue weighted by Crippen LogP contribution is 2.01. The molecule has 1 unspecified atom stereocenters. The summed E-state index contributed by atoms with van der Waals surface area (Å²) in [6, 6.07) is -0.319. The zero-order chi connectivity index (χ0) is 10.7. The molecule has 6 heteroatoms. The topological polar surface area (TPSA) is 83.8 Å². The van der Waals surface area contributed by atoms with Gasteiger partial charge in [-0.3, -0.25) is 9.89 Å². The average Bonchev–Trinajstić information content (AvgIpc) is 2.51. The Morgan fingerprint density at radius 2 is 2.43 bits per heavy atom. The van der Waals surface area contributed by atoms with Gasteiger partial charge in [-0.15, -0.1) is 0 Å². The van der Waals surface area contributed by atoms with E-state index in [0.717, 1.165) is 5.56 Å². The second-order valence-corrected chi connectivity index (χ2v) is 3.50. The van der Waals surface area contributed by atoms with Gasteiger partial charge >= 0.3 is 0 Å². The number of thiocarbonyl (C=S) groups is 1. The fourth-order valence-corrected chi connectivity index (χ4v) is 0.975. The van der Waals surface area contributed by atoms with Gasteiger partial charge in [-0.1, -0.05) is 12.2 Å². The third-order valence-corrected chi connectivity index (χ3v) is 2.18. The van der Waals surface area contributed by atoms with E-state index in [0.29, 0.717) is 5.69 Å². The molecule has 0 fully saturated rings. The van der Waals surface area contributed by atoms with Crippen molar-refractivity contribution in [2.75, 3.05) is 0 Å². The lowest BCUT2D eigenvalue weighted by molar-refractivity contribution is 0.0943. The molecule has 1 rings (SSSR count). The van der Waals surface area contributed by atoms with Gasteiger partial charge in [0.1, 0.15) is 5.69 Å². The molecule has 1 amide bonds. The van der Waals surface area contributed by atoms with Crippen LogP contribution >= 0.6 is 12.2 Å². The van der Waals surface area contributed by atoms with Crippen LogP contribution in [0.2, 0.25) is 0 Å². The molecule has 0 aliphatic rings. The maximum absolute atomic E-state index is 11.5. The Morgan fingerprint density at radius 3 is 2.86 bits per heavy atom. The summed E-state index contributed by atoms with van der Waals surface area (Å²) in [6.07, 6.45) is 1.58. The number of hydrogen-bond donors (Lipinski definition) is 3. The first-order valence-corrected chi connectivity index (χ1v) is 4.53. The van der Waals surface area contributed by atoms with Crippen LogP contribution in [0, 0.1) is 6.92 Å². The fraction of sp³-hybridized carbons (Fsp3) is 0.375. The van der Waals surface area contributed by atoms with E-state index in [4.69, 9.17) is 18.0 Å². The van der Waals surface area contributed by atoms with Crippen molar-refractivity contribution in [3.05, 3.63) is 17.5 Å². The molecule has 0 spiro atoms. The fourth-order valence-electron chi connectivity index (χ4n) is 0.916. The zero-order valence-corrected chi connectivity index (χ0v) is 8.81. The number of nitrogens with two attached hydrogens (primary N) is 1. The van der Waals surface area contributed by atoms with Crippen molar-refractivity contribution >= 4 is 23.1 Å². The number of carbonyl (C=O) groups excluding carboxylic acids is 1. The Hall–Kier alpha value is -1.43. The van der Waals surface area contributed by atoms with Gasteiger partial charge in [0.2, 0.25) is 0 Å². The summed E-state index contributed by atoms with van der Waals surface area (Å²) in [6.45, 7) is 3.52. The van der Waals surface area contributed by atoms with Crippen molar-refractivity contribution in [1.82, 2.24) is 15.5 Å². The first kappa shape index (κ1) is 10.6. The summed E-state index contributed by atoms with van der Waals surface area (Å²) in [5.41, 5.74) is 6.59. The number of carbonyl (C=O) groups is 1. The summed E-state index contributed by atoms with van der Waals surface area (Å²) >= 11 is 4.74. The zero-order valence-electron chi connectivity index (χ0n) is 8.00. The van der Waals surface area contributed by atoms with Crippen molar-refractivity contribution in [3.63, 3.8) is 0 Å². The molecule has 0 saturated carbocycles. The molecule has 1 aromatic heterocycles. The van der Waals surface area contributed by atoms with Gasteiger partial charge < -0.3 is 11.1 Å². The standard InChI is InChI=1S/C8H12N4OS/c1-4-3-10-12-6(4)8(13)11-5(2)7(9)14/h3,5H,1-2H3,(H2,9,14)(H,10,12)(H,11,13). The summed E-state index contributed by atoms with van der Waals surface area (Å²) in [4.78, 5) is 11.8. The quantitative estimate of drug-likeness (QED) is 0.621. The molecular formula is C8H12N4OS. The number of H-pyrrole nitrogens is 1. The van der Waals surface area contributed by atoms with Gasteiger partial charge in [0.05, 0.1) is 17.2 Å². The van der Waals surface area contributed by atoms with E-state index in [2.05, 4.69) is 15.5 Å². The molecule has 0 aliphatic carbocycles. The Morgan fingerprint density at radius 1 is 1.79 bits per heavy atom. The van der Waals surface area contributed by atoms with E-state index in [1.165, 1.54) is 0 Å². The predicted molar refractivity (Wildman–Crippen MR) is 57.0 cm³/mol. The molecule has 0 bridgehead atoms. The second kappa shape index (κ2) is 4.19. The SMILES string of the molecule is Cc1cn[nH]c1C(=O)NC(C)C(N)=S. The average molecular weight is 212 g/mol. The third-order valence-electron chi connectivity index (χ3n) is 1.83. The van der Waals surface area contributed by atoms with Crippen LogP contribution in [-0.2, 0) is 0 Å². The lowest BCUT2D eigenvalue weighted by Gasteiger charge is -2.11. The lowest BCUT2D eigenvalue weighted by Crippen LogP contribution is -2.41. The van der Waals surface area contributed by atoms with Gasteiger partial charge in [0, 0.05) is 0 Å². The summed E-state index contributed by atoms with van der Waals surface area (Å²) in [5, 5.41) is 8.99. The van der Waals surface area contributed by atoms with E-state index in [-0.39, 0.29) is 16.9 Å². The lowest BCUT2D eigenvalue weighted by atomic mass is 10.2. The normalized spacial score (nSPS) is 12.1. The summed E-state index contributed by atoms with van der Waals surface area (Å²) in [7, 11) is 0. The molecule has 0 aromatic carbocycles. The Kier molecular flexibility index (Phi) is 3.19. The van der Waals surface area contributed by atoms with Crippen LogP contribution in [0.1, 0.15) is 23.0 Å². The largest absolute Gasteiger partial charge is 0.392 e. The van der Waals surface area contributed by atoms with Gasteiger partial charge in [0.15, 0.2) is 0 Å². The number of rotatable bonds is 3. The third kappa shape index (κ3) is 2.29. The van der Waals surface area contributed by atoms with Crippen molar-refractivity contribution in [1.29, 1.82) is 0 Å². The first-order chi connectivity index (χ1) is 6.52. The van der Waals surface area contributed by atoms with E-state index in [1.54, 1.807) is 20.0 Å². The monoisotopic (exact) mass is 212 g/mol. The van der Waals surface area contributed by atoms with Crippen molar-refractivity contribution in [3.8, 4) is 0 Å². The molecule has 4 N–H and O–H groups in total. The summed E-state index contributed by atoms with van der Waals surface area (Å²) in [5.74, 6) is -0.250. The van der Waals surface area contributed by atoms with Crippen LogP contribution in [0.5, 0.6) is 0 Å². The minimum absolute atomic E-state index is 0.250. The smallest absolute Gasteiger partial charge is 0.270 e. The minimum Gasteiger partial charge on any atom is -0.392 e. The number of aryl methyl sites for hydroxylation is 1. The molecule has 1 heterocycles. The first-order valence-electron chi connectivity index (χ1n) is 4.12. The maximum atomic E-state index is 11.5. The van der Waals surface area contributed by atoms with Crippen LogP contribution in [0.25, 0.3) is 0 Å². The highest BCUT2D eigenvalue weighted by Gasteiger charge is 2.14. The van der Waals surface area contributed by atoms with E-state index < -0.39 is 0 Å². The Balaban J connectivity index is 2.69. The number of hydrogen-bond acceptors (Lipinski definition) is 3. The molecule has 0 radical (unpaired) electrons. The van der Waals surface area contributed by atoms with Crippen LogP contribution in [0.15, 0.2) is 6.20 Å². The number of aromatic nitrogens is 2. The minimum atomic E-state index is -0.319. The van der Waals surface area contributed by atoms with Crippen LogP contribution < -0.4 is 11.1 Å². The predicted octanol–water partition coefficient (Wildman–Crippen LogP) is 0.123. The number of nitrogens with one attached hydrogen (secondary N) is 2. The van der Waals surface area contributed by atoms with E-state index in [9.17, 15) is 4.79 Å². The molecule has 1 aromatic rings. The molecular weight excluding hydrogens is 200 g/mol. The number of nitrogens with zero attached hydrogens (tertiary/aromatic N) is 1. The van der Waals surface area contributed by atoms with Crippen molar-refractivity contribution < 1.29 is 4.79 Å². The Bertz CT molecular complexity index is 360. The van der Waals surface area contributed by atoms with Gasteiger partial charge in [-0.05, 0) is 19.4 Å². The van der Waals surface area contributed by atoms with Crippen molar-refractivity contribution in [2.45, 2.75) is 19.9 Å². The van der Waals surface area contributed by atoms with Crippen LogP contribution in [0.4, 0.5) is 0 Å². The molecule has 76 valence electrons. The van der Waals surface area contributed by atoms with Gasteiger partial charge in [-0.25, -0.2) is 0 Å². The van der Waals surface area contributed by atoms with Gasteiger partial charge in [-0.2, -0.15) is 5.10 Å². The van der Waals surface area contributed by atoms with Crippen LogP contribution in [0.3, 0.4) is 0 Å². The molecule has 0 saturated heterocycles. The second-order valence-electron chi connectivity index (χ2n) is 3.03. The maximum Gasteiger partial charge on any atom is 0.270 e. The molecule has 14 heavy (non-hydrogen) atoms. The van der Waals surface area contributed by atoms with E-state index in [1.807, 2.05) is 0 Å². The number of amides is 1. The summed E-state index contributed by atoms with van der Waals surface area (Å²) < 4.78 is 0. The molecule has 1 atom stereocenters. The highest BCUT2D eigenvalue weighted by molar-refractivity contribution is 7.80. The van der Waals surface area contributed by atoms with Crippen molar-refractivity contribution in [2.24, 2.45) is 5.73 Å².